The maximum Gasteiger partial charge on any atom is 0.262 e. The van der Waals surface area contributed by atoms with Gasteiger partial charge in [-0.1, -0.05) is 55.2 Å². The minimum Gasteiger partial charge on any atom is -0.488 e. The Morgan fingerprint density at radius 1 is 1.05 bits per heavy atom. The van der Waals surface area contributed by atoms with E-state index in [1.807, 2.05) is 26.0 Å². The Labute approximate surface area is 224 Å². The maximum absolute atomic E-state index is 12.8. The van der Waals surface area contributed by atoms with Crippen LogP contribution in [0.25, 0.3) is 0 Å². The van der Waals surface area contributed by atoms with Gasteiger partial charge in [0, 0.05) is 26.7 Å². The van der Waals surface area contributed by atoms with E-state index in [4.69, 9.17) is 37.4 Å². The second kappa shape index (κ2) is 12.0. The average molecular weight is 542 g/mol. The predicted molar refractivity (Wildman–Crippen MR) is 142 cm³/mol. The molecule has 37 heavy (non-hydrogen) atoms. The summed E-state index contributed by atoms with van der Waals surface area (Å²) in [7, 11) is 0. The topological polar surface area (TPSA) is 98.2 Å². The van der Waals surface area contributed by atoms with Gasteiger partial charge in [0.15, 0.2) is 11.5 Å². The van der Waals surface area contributed by atoms with E-state index in [-0.39, 0.29) is 19.3 Å². The van der Waals surface area contributed by atoms with Crippen LogP contribution in [0.3, 0.4) is 0 Å². The number of halogens is 2. The molecule has 192 valence electrons. The van der Waals surface area contributed by atoms with Gasteiger partial charge in [-0.15, -0.1) is 0 Å². The van der Waals surface area contributed by atoms with E-state index in [0.29, 0.717) is 38.4 Å². The first-order valence-corrected chi connectivity index (χ1v) is 12.3. The zero-order valence-electron chi connectivity index (χ0n) is 20.2. The molecular weight excluding hydrogens is 517 g/mol. The average Bonchev–Trinajstić information content (AvgIpc) is 3.35. The molecular formula is C27H25Cl2N3O5. The lowest BCUT2D eigenvalue weighted by Crippen LogP contribution is -2.48. The number of amides is 2. The summed E-state index contributed by atoms with van der Waals surface area (Å²) in [5.41, 5.74) is 4.30. The van der Waals surface area contributed by atoms with Crippen molar-refractivity contribution < 1.29 is 23.8 Å². The molecule has 3 aromatic rings. The predicted octanol–water partition coefficient (Wildman–Crippen LogP) is 5.21. The molecule has 1 aliphatic heterocycles. The molecule has 8 nitrogen and oxygen atoms in total. The van der Waals surface area contributed by atoms with E-state index in [1.54, 1.807) is 48.5 Å². The molecule has 0 bridgehead atoms. The summed E-state index contributed by atoms with van der Waals surface area (Å²) in [4.78, 5) is 25.6. The van der Waals surface area contributed by atoms with Crippen molar-refractivity contribution in [3.63, 3.8) is 0 Å². The van der Waals surface area contributed by atoms with E-state index in [9.17, 15) is 9.59 Å². The number of para-hydroxylation sites is 1. The Hall–Kier alpha value is -3.75. The van der Waals surface area contributed by atoms with Crippen LogP contribution >= 0.6 is 23.2 Å². The molecule has 1 unspecified atom stereocenters. The number of nitrogens with zero attached hydrogens (tertiary/aromatic N) is 1. The molecule has 0 radical (unpaired) electrons. The fourth-order valence-corrected chi connectivity index (χ4v) is 4.01. The molecule has 2 N–H and O–H groups in total. The van der Waals surface area contributed by atoms with Crippen molar-refractivity contribution in [3.05, 3.63) is 87.4 Å². The third-order valence-electron chi connectivity index (χ3n) is 5.57. The van der Waals surface area contributed by atoms with Gasteiger partial charge in [-0.2, -0.15) is 5.10 Å². The summed E-state index contributed by atoms with van der Waals surface area (Å²) in [6, 6.07) is 16.5. The van der Waals surface area contributed by atoms with Gasteiger partial charge in [-0.3, -0.25) is 9.59 Å². The molecule has 0 aliphatic carbocycles. The van der Waals surface area contributed by atoms with Gasteiger partial charge in [0.25, 0.3) is 11.8 Å². The highest BCUT2D eigenvalue weighted by Crippen LogP contribution is 2.32. The molecule has 0 spiro atoms. The molecule has 4 rings (SSSR count). The highest BCUT2D eigenvalue weighted by molar-refractivity contribution is 6.35. The van der Waals surface area contributed by atoms with Crippen LogP contribution in [0.4, 0.5) is 0 Å². The Balaban J connectivity index is 1.38. The highest BCUT2D eigenvalue weighted by Gasteiger charge is 2.25. The third-order valence-corrected chi connectivity index (χ3v) is 6.15. The van der Waals surface area contributed by atoms with Crippen LogP contribution in [-0.4, -0.2) is 30.9 Å². The molecule has 0 aromatic heterocycles. The van der Waals surface area contributed by atoms with E-state index in [0.717, 1.165) is 5.56 Å². The molecule has 0 fully saturated rings. The number of carbonyl (C=O) groups is 2. The highest BCUT2D eigenvalue weighted by atomic mass is 35.5. The van der Waals surface area contributed by atoms with Gasteiger partial charge in [0.05, 0.1) is 6.21 Å². The van der Waals surface area contributed by atoms with Gasteiger partial charge in [-0.05, 0) is 48.4 Å². The molecule has 1 atom stereocenters. The Bertz CT molecular complexity index is 1330. The van der Waals surface area contributed by atoms with Crippen LogP contribution in [0, 0.1) is 5.92 Å². The van der Waals surface area contributed by atoms with E-state index < -0.39 is 17.9 Å². The summed E-state index contributed by atoms with van der Waals surface area (Å²) < 4.78 is 16.5. The Kier molecular flexibility index (Phi) is 8.53. The van der Waals surface area contributed by atoms with Crippen molar-refractivity contribution in [1.29, 1.82) is 0 Å². The monoisotopic (exact) mass is 541 g/mol. The third kappa shape index (κ3) is 6.72. The van der Waals surface area contributed by atoms with Crippen LogP contribution in [0.5, 0.6) is 17.2 Å². The second-order valence-corrected chi connectivity index (χ2v) is 9.40. The quantitative estimate of drug-likeness (QED) is 0.286. The number of fused-ring (bicyclic) bond motifs is 1. The van der Waals surface area contributed by atoms with Crippen molar-refractivity contribution in [3.8, 4) is 17.2 Å². The van der Waals surface area contributed by atoms with Gasteiger partial charge in [0.1, 0.15) is 18.4 Å². The van der Waals surface area contributed by atoms with Crippen molar-refractivity contribution in [2.24, 2.45) is 11.0 Å². The summed E-state index contributed by atoms with van der Waals surface area (Å²) in [6.07, 6.45) is 1.48. The summed E-state index contributed by atoms with van der Waals surface area (Å²) >= 11 is 12.2. The van der Waals surface area contributed by atoms with Crippen molar-refractivity contribution in [2.45, 2.75) is 26.5 Å². The van der Waals surface area contributed by atoms with Crippen molar-refractivity contribution in [2.75, 3.05) is 6.79 Å². The van der Waals surface area contributed by atoms with Crippen LogP contribution in [-0.2, 0) is 11.4 Å². The van der Waals surface area contributed by atoms with Crippen LogP contribution < -0.4 is 25.0 Å². The summed E-state index contributed by atoms with van der Waals surface area (Å²) in [5, 5.41) is 7.90. The number of rotatable bonds is 9. The minimum atomic E-state index is -0.811. The van der Waals surface area contributed by atoms with Gasteiger partial charge in [0.2, 0.25) is 6.79 Å². The molecule has 3 aromatic carbocycles. The Morgan fingerprint density at radius 2 is 1.84 bits per heavy atom. The smallest absolute Gasteiger partial charge is 0.262 e. The number of hydrogen-bond acceptors (Lipinski definition) is 6. The number of hydrazone groups is 1. The number of ether oxygens (including phenoxy) is 3. The van der Waals surface area contributed by atoms with Crippen LogP contribution in [0.2, 0.25) is 10.0 Å². The van der Waals surface area contributed by atoms with Crippen LogP contribution in [0.15, 0.2) is 65.8 Å². The summed E-state index contributed by atoms with van der Waals surface area (Å²) in [5.74, 6) is 0.574. The maximum atomic E-state index is 12.8. The van der Waals surface area contributed by atoms with E-state index in [1.165, 1.54) is 6.21 Å². The summed E-state index contributed by atoms with van der Waals surface area (Å²) in [6.45, 7) is 4.00. The fourth-order valence-electron chi connectivity index (χ4n) is 3.55. The van der Waals surface area contributed by atoms with Gasteiger partial charge >= 0.3 is 0 Å². The number of nitrogens with one attached hydrogen (secondary N) is 2. The van der Waals surface area contributed by atoms with Gasteiger partial charge < -0.3 is 19.5 Å². The normalized spacial score (nSPS) is 13.0. The van der Waals surface area contributed by atoms with E-state index in [2.05, 4.69) is 15.8 Å². The zero-order valence-corrected chi connectivity index (χ0v) is 21.7. The fraction of sp³-hybridized carbons (Fsp3) is 0.222. The minimum absolute atomic E-state index is 0.110. The molecule has 2 amide bonds. The van der Waals surface area contributed by atoms with Crippen LogP contribution in [0.1, 0.15) is 35.3 Å². The SMILES string of the molecule is CC(C)C(NC(=O)c1ccc2c(c1)OCO2)C(=O)NN=Cc1ccccc1OCc1ccc(Cl)cc1Cl. The number of carbonyl (C=O) groups excluding carboxylic acids is 2. The molecule has 1 heterocycles. The first kappa shape index (κ1) is 26.3. The van der Waals surface area contributed by atoms with Gasteiger partial charge in [-0.25, -0.2) is 5.43 Å². The standard InChI is InChI=1S/C27H25Cl2N3O5/c1-16(2)25(31-26(33)17-8-10-23-24(11-17)37-15-36-23)27(34)32-30-13-18-5-3-4-6-22(18)35-14-19-7-9-20(28)12-21(19)29/h3-13,16,25H,14-15H2,1-2H3,(H,31,33)(H,32,34). The number of hydrogen-bond donors (Lipinski definition) is 2. The zero-order chi connectivity index (χ0) is 26.4. The number of benzene rings is 3. The Morgan fingerprint density at radius 3 is 2.62 bits per heavy atom. The lowest BCUT2D eigenvalue weighted by atomic mass is 10.0. The van der Waals surface area contributed by atoms with Crippen molar-refractivity contribution in [1.82, 2.24) is 10.7 Å². The second-order valence-electron chi connectivity index (χ2n) is 8.56. The first-order chi connectivity index (χ1) is 17.8. The molecule has 0 saturated carbocycles. The lowest BCUT2D eigenvalue weighted by Gasteiger charge is -2.20. The lowest BCUT2D eigenvalue weighted by molar-refractivity contribution is -0.123. The molecule has 10 heteroatoms. The van der Waals surface area contributed by atoms with Crippen molar-refractivity contribution >= 4 is 41.2 Å². The first-order valence-electron chi connectivity index (χ1n) is 11.5. The molecule has 0 saturated heterocycles. The van der Waals surface area contributed by atoms with E-state index >= 15 is 0 Å². The molecule has 1 aliphatic rings. The largest absolute Gasteiger partial charge is 0.488 e.